The maximum absolute atomic E-state index is 2.64. The lowest BCUT2D eigenvalue weighted by Gasteiger charge is -2.35. The molecule has 1 heterocycles. The summed E-state index contributed by atoms with van der Waals surface area (Å²) in [5.74, 6) is 2.91. The summed E-state index contributed by atoms with van der Waals surface area (Å²) >= 11 is 0. The van der Waals surface area contributed by atoms with E-state index in [0.29, 0.717) is 54.0 Å². The van der Waals surface area contributed by atoms with Gasteiger partial charge in [0, 0.05) is 36.1 Å². The number of nitrogens with zero attached hydrogens (tertiary/aromatic N) is 2. The van der Waals surface area contributed by atoms with Gasteiger partial charge in [0.1, 0.15) is 0 Å². The van der Waals surface area contributed by atoms with Crippen LogP contribution in [0.25, 0.3) is 0 Å². The molecule has 1 aliphatic rings. The Balaban J connectivity index is 1.22. The van der Waals surface area contributed by atoms with Gasteiger partial charge in [0.2, 0.25) is 0 Å². The number of aryl methyl sites for hydroxylation is 2. The van der Waals surface area contributed by atoms with Crippen LogP contribution in [0, 0.1) is 13.8 Å². The summed E-state index contributed by atoms with van der Waals surface area (Å²) in [5, 5.41) is 0. The van der Waals surface area contributed by atoms with Gasteiger partial charge in [-0.15, -0.1) is 0 Å². The van der Waals surface area contributed by atoms with E-state index in [2.05, 4.69) is 365 Å². The van der Waals surface area contributed by atoms with Gasteiger partial charge in [-0.1, -0.05) is 340 Å². The van der Waals surface area contributed by atoms with Crippen LogP contribution in [0.5, 0.6) is 0 Å². The SMILES string of the molecule is Cc1cc(C(c2ccc(C(C)C)cc2)c2ccc(C(C)C)cc2)c(N2C=CN(c3c(C(c4ccc(C(C)C)cc4)c4ccc(C(C)C)cc4)cc(C)cc3C(c3ccc(C(C)C)cc3)c3ccc(C(C)C)cc3)C2)c(C(c2ccc(C(C)C)cc2)c2ccc(C(C)C)cc2)c1. The van der Waals surface area contributed by atoms with Gasteiger partial charge >= 0.3 is 0 Å². The van der Waals surface area contributed by atoms with E-state index >= 15 is 0 Å². The Kier molecular flexibility index (Phi) is 20.9. The van der Waals surface area contributed by atoms with Gasteiger partial charge in [-0.2, -0.15) is 0 Å². The molecule has 11 rings (SSSR count). The fourth-order valence-electron chi connectivity index (χ4n) is 14.7. The Morgan fingerprint density at radius 1 is 0.200 bits per heavy atom. The summed E-state index contributed by atoms with van der Waals surface area (Å²) < 4.78 is 0. The van der Waals surface area contributed by atoms with E-state index in [1.54, 1.807) is 0 Å². The standard InChI is InChI=1S/C93H106N2/c1-58(2)68-19-35-76(36-20-68)88(77-37-21-69(22-38-77)59(3)4)84-53-66(17)54-85(89(78-39-23-70(24-40-78)60(5)6)79-41-25-71(26-42-79)61(7)8)92(84)94-51-52-95(57-94)93-86(90(80-43-27-72(28-44-80)62(9)10)81-45-29-73(30-46-81)63(11)12)55-67(18)56-87(93)91(82-47-31-74(32-48-82)64(13)14)83-49-33-75(34-50-83)65(15)16/h19-56,58-65,88-91H,57H2,1-18H3. The molecule has 0 saturated heterocycles. The van der Waals surface area contributed by atoms with Crippen molar-refractivity contribution in [2.45, 2.75) is 196 Å². The highest BCUT2D eigenvalue weighted by Gasteiger charge is 2.36. The second kappa shape index (κ2) is 29.3. The van der Waals surface area contributed by atoms with E-state index in [1.807, 2.05) is 0 Å². The van der Waals surface area contributed by atoms with E-state index in [9.17, 15) is 0 Å². The van der Waals surface area contributed by atoms with Crippen molar-refractivity contribution in [1.29, 1.82) is 0 Å². The summed E-state index contributed by atoms with van der Waals surface area (Å²) in [4.78, 5) is 5.28. The molecular formula is C93H106N2. The molecule has 0 spiro atoms. The highest BCUT2D eigenvalue weighted by atomic mass is 15.3. The quantitative estimate of drug-likeness (QED) is 0.0624. The maximum atomic E-state index is 2.64. The number of hydrogen-bond acceptors (Lipinski definition) is 2. The molecule has 95 heavy (non-hydrogen) atoms. The fraction of sp³-hybridized carbons (Fsp3) is 0.333. The van der Waals surface area contributed by atoms with Gasteiger partial charge in [-0.3, -0.25) is 0 Å². The Morgan fingerprint density at radius 2 is 0.326 bits per heavy atom. The molecule has 0 amide bonds. The molecule has 2 nitrogen and oxygen atoms in total. The van der Waals surface area contributed by atoms with E-state index in [-0.39, 0.29) is 23.7 Å². The Labute approximate surface area is 573 Å². The highest BCUT2D eigenvalue weighted by molar-refractivity contribution is 5.77. The lowest BCUT2D eigenvalue weighted by Crippen LogP contribution is -2.30. The topological polar surface area (TPSA) is 6.48 Å². The smallest absolute Gasteiger partial charge is 0.0989 e. The first-order chi connectivity index (χ1) is 45.5. The van der Waals surface area contributed by atoms with Gasteiger partial charge in [-0.05, 0) is 172 Å². The Hall–Kier alpha value is -8.46. The summed E-state index contributed by atoms with van der Waals surface area (Å²) in [5.41, 5.74) is 31.3. The van der Waals surface area contributed by atoms with Crippen LogP contribution >= 0.6 is 0 Å². The zero-order valence-electron chi connectivity index (χ0n) is 60.5. The molecular weight excluding hydrogens is 1150 g/mol. The molecule has 10 aromatic carbocycles. The third-order valence-corrected chi connectivity index (χ3v) is 20.7. The first kappa shape index (κ1) is 67.9. The molecule has 488 valence electrons. The average Bonchev–Trinajstić information content (AvgIpc) is 1.63. The number of rotatable bonds is 22. The monoisotopic (exact) mass is 1250 g/mol. The van der Waals surface area contributed by atoms with Crippen molar-refractivity contribution < 1.29 is 0 Å². The van der Waals surface area contributed by atoms with Crippen molar-refractivity contribution in [2.24, 2.45) is 0 Å². The molecule has 10 aromatic rings. The zero-order chi connectivity index (χ0) is 67.5. The van der Waals surface area contributed by atoms with Gasteiger partial charge in [-0.25, -0.2) is 0 Å². The third kappa shape index (κ3) is 14.8. The molecule has 2 heteroatoms. The molecule has 0 aromatic heterocycles. The molecule has 0 bridgehead atoms. The minimum atomic E-state index is -0.0923. The lowest BCUT2D eigenvalue weighted by atomic mass is 9.77. The molecule has 1 aliphatic heterocycles. The molecule has 0 radical (unpaired) electrons. The van der Waals surface area contributed by atoms with Gasteiger partial charge < -0.3 is 9.80 Å². The van der Waals surface area contributed by atoms with Gasteiger partial charge in [0.15, 0.2) is 0 Å². The van der Waals surface area contributed by atoms with Crippen LogP contribution in [0.15, 0.2) is 231 Å². The summed E-state index contributed by atoms with van der Waals surface area (Å²) in [6.07, 6.45) is 4.86. The first-order valence-electron chi connectivity index (χ1n) is 35.8. The van der Waals surface area contributed by atoms with E-state index in [1.165, 1.54) is 134 Å². The number of hydrogen-bond donors (Lipinski definition) is 0. The number of anilines is 2. The van der Waals surface area contributed by atoms with Crippen LogP contribution in [0.4, 0.5) is 11.4 Å². The van der Waals surface area contributed by atoms with Crippen LogP contribution in [-0.4, -0.2) is 6.67 Å². The van der Waals surface area contributed by atoms with Crippen LogP contribution in [0.3, 0.4) is 0 Å². The van der Waals surface area contributed by atoms with Crippen molar-refractivity contribution in [3.8, 4) is 0 Å². The van der Waals surface area contributed by atoms with Crippen molar-refractivity contribution >= 4 is 11.4 Å². The molecule has 0 atom stereocenters. The number of benzene rings is 10. The van der Waals surface area contributed by atoms with Gasteiger partial charge in [0.25, 0.3) is 0 Å². The van der Waals surface area contributed by atoms with E-state index in [4.69, 9.17) is 0 Å². The summed E-state index contributed by atoms with van der Waals surface area (Å²) in [6, 6.07) is 87.0. The predicted molar refractivity (Wildman–Crippen MR) is 409 cm³/mol. The van der Waals surface area contributed by atoms with Crippen molar-refractivity contribution in [3.05, 3.63) is 353 Å². The van der Waals surface area contributed by atoms with Crippen LogP contribution in [0.2, 0.25) is 0 Å². The molecule has 0 fully saturated rings. The third-order valence-electron chi connectivity index (χ3n) is 20.7. The largest absolute Gasteiger partial charge is 0.327 e. The lowest BCUT2D eigenvalue weighted by molar-refractivity contribution is 0.846. The highest BCUT2D eigenvalue weighted by Crippen LogP contribution is 2.51. The predicted octanol–water partition coefficient (Wildman–Crippen LogP) is 25.8. The van der Waals surface area contributed by atoms with Crippen LogP contribution in [-0.2, 0) is 0 Å². The molecule has 0 aliphatic carbocycles. The van der Waals surface area contributed by atoms with Gasteiger partial charge in [0.05, 0.1) is 18.0 Å². The Bertz CT molecular complexity index is 3450. The maximum Gasteiger partial charge on any atom is 0.0989 e. The zero-order valence-corrected chi connectivity index (χ0v) is 60.5. The normalized spacial score (nSPS) is 12.9. The molecule has 0 unspecified atom stereocenters. The summed E-state index contributed by atoms with van der Waals surface area (Å²) in [7, 11) is 0. The average molecular weight is 1250 g/mol. The van der Waals surface area contributed by atoms with E-state index < -0.39 is 0 Å². The second-order valence-corrected chi connectivity index (χ2v) is 30.3. The first-order valence-corrected chi connectivity index (χ1v) is 35.8. The summed E-state index contributed by atoms with van der Waals surface area (Å²) in [6.45, 7) is 42.1. The second-order valence-electron chi connectivity index (χ2n) is 30.3. The van der Waals surface area contributed by atoms with Crippen molar-refractivity contribution in [1.82, 2.24) is 0 Å². The molecule has 0 N–H and O–H groups in total. The van der Waals surface area contributed by atoms with E-state index in [0.717, 1.165) is 0 Å². The van der Waals surface area contributed by atoms with Crippen LogP contribution in [0.1, 0.15) is 304 Å². The van der Waals surface area contributed by atoms with Crippen molar-refractivity contribution in [2.75, 3.05) is 16.5 Å². The minimum Gasteiger partial charge on any atom is -0.327 e. The van der Waals surface area contributed by atoms with Crippen molar-refractivity contribution in [3.63, 3.8) is 0 Å². The fourth-order valence-corrected chi connectivity index (χ4v) is 14.7. The minimum absolute atomic E-state index is 0.0923. The Morgan fingerprint density at radius 3 is 0.453 bits per heavy atom. The van der Waals surface area contributed by atoms with Crippen LogP contribution < -0.4 is 9.80 Å². The molecule has 0 saturated carbocycles.